The van der Waals surface area contributed by atoms with Crippen LogP contribution in [0.2, 0.25) is 0 Å². The summed E-state index contributed by atoms with van der Waals surface area (Å²) in [5.74, 6) is 2.44. The van der Waals surface area contributed by atoms with E-state index in [9.17, 15) is 4.79 Å². The Hall–Kier alpha value is -1.75. The molecule has 176 valence electrons. The maximum Gasteiger partial charge on any atom is 0.236 e. The van der Waals surface area contributed by atoms with Gasteiger partial charge in [0.15, 0.2) is 17.5 Å². The van der Waals surface area contributed by atoms with Crippen molar-refractivity contribution >= 4 is 35.8 Å². The summed E-state index contributed by atoms with van der Waals surface area (Å²) >= 11 is 0. The van der Waals surface area contributed by atoms with Crippen LogP contribution in [-0.4, -0.2) is 81.7 Å². The second-order valence-electron chi connectivity index (χ2n) is 7.60. The van der Waals surface area contributed by atoms with Crippen molar-refractivity contribution in [2.75, 3.05) is 54.0 Å². The van der Waals surface area contributed by atoms with Crippen LogP contribution >= 0.6 is 24.0 Å². The highest BCUT2D eigenvalue weighted by molar-refractivity contribution is 14.0. The molecule has 1 aromatic carbocycles. The zero-order valence-electron chi connectivity index (χ0n) is 19.4. The van der Waals surface area contributed by atoms with E-state index in [1.54, 1.807) is 26.1 Å². The molecule has 1 aromatic rings. The molecule has 0 atom stereocenters. The van der Waals surface area contributed by atoms with Crippen molar-refractivity contribution in [2.24, 2.45) is 4.99 Å². The van der Waals surface area contributed by atoms with Crippen molar-refractivity contribution in [3.8, 4) is 11.5 Å². The number of aliphatic imine (C=N–C) groups is 1. The molecule has 1 aliphatic heterocycles. The Balaban J connectivity index is 0.00000480. The number of nitrogens with zero attached hydrogens (tertiary/aromatic N) is 3. The number of benzene rings is 1. The van der Waals surface area contributed by atoms with Gasteiger partial charge >= 0.3 is 0 Å². The normalized spacial score (nSPS) is 15.1. The van der Waals surface area contributed by atoms with Gasteiger partial charge in [0.25, 0.3) is 0 Å². The van der Waals surface area contributed by atoms with E-state index in [2.05, 4.69) is 22.5 Å². The molecule has 1 heterocycles. The number of ether oxygens (including phenoxy) is 2. The Bertz CT molecular complexity index is 706. The number of hydrogen-bond donors (Lipinski definition) is 2. The van der Waals surface area contributed by atoms with Crippen LogP contribution in [0.1, 0.15) is 32.3 Å². The number of amides is 1. The van der Waals surface area contributed by atoms with Crippen LogP contribution in [0.4, 0.5) is 0 Å². The molecule has 1 amide bonds. The summed E-state index contributed by atoms with van der Waals surface area (Å²) in [4.78, 5) is 20.5. The fourth-order valence-electron chi connectivity index (χ4n) is 3.34. The van der Waals surface area contributed by atoms with Gasteiger partial charge in [-0.05, 0) is 44.4 Å². The van der Waals surface area contributed by atoms with Gasteiger partial charge in [-0.15, -0.1) is 24.0 Å². The van der Waals surface area contributed by atoms with Crippen LogP contribution in [0.25, 0.3) is 0 Å². The second-order valence-corrected chi connectivity index (χ2v) is 7.60. The van der Waals surface area contributed by atoms with E-state index in [0.29, 0.717) is 25.7 Å². The molecule has 0 aliphatic carbocycles. The first-order valence-electron chi connectivity index (χ1n) is 10.7. The van der Waals surface area contributed by atoms with Gasteiger partial charge < -0.3 is 25.0 Å². The lowest BCUT2D eigenvalue weighted by atomic mass is 10.1. The molecule has 0 aromatic heterocycles. The lowest BCUT2D eigenvalue weighted by Crippen LogP contribution is -2.50. The summed E-state index contributed by atoms with van der Waals surface area (Å²) in [6.45, 7) is 8.27. The first kappa shape index (κ1) is 27.3. The fraction of sp³-hybridized carbons (Fsp3) is 0.636. The summed E-state index contributed by atoms with van der Waals surface area (Å²) in [5, 5.41) is 6.88. The maximum absolute atomic E-state index is 11.9. The lowest BCUT2D eigenvalue weighted by Gasteiger charge is -2.33. The zero-order valence-corrected chi connectivity index (χ0v) is 21.8. The standard InChI is InChI=1S/C22H37N5O3.HI/c1-6-23-22(24-15-17-8-9-19(29-5)20(14-17)30-7-2)25-18-10-12-27(13-11-18)16-21(28)26(3)4;/h8-9,14,18H,6-7,10-13,15-16H2,1-5H3,(H2,23,24,25);1H. The minimum absolute atomic E-state index is 0. The van der Waals surface area contributed by atoms with Crippen molar-refractivity contribution in [3.63, 3.8) is 0 Å². The molecule has 9 heteroatoms. The van der Waals surface area contributed by atoms with E-state index in [0.717, 1.165) is 55.5 Å². The van der Waals surface area contributed by atoms with Crippen LogP contribution < -0.4 is 20.1 Å². The smallest absolute Gasteiger partial charge is 0.236 e. The molecule has 2 rings (SSSR count). The Morgan fingerprint density at radius 2 is 1.94 bits per heavy atom. The van der Waals surface area contributed by atoms with Crippen LogP contribution in [0.15, 0.2) is 23.2 Å². The molecule has 0 radical (unpaired) electrons. The highest BCUT2D eigenvalue weighted by Gasteiger charge is 2.22. The predicted octanol–water partition coefficient (Wildman–Crippen LogP) is 2.32. The van der Waals surface area contributed by atoms with Gasteiger partial charge in [-0.1, -0.05) is 6.07 Å². The lowest BCUT2D eigenvalue weighted by molar-refractivity contribution is -0.130. The number of guanidine groups is 1. The average molecular weight is 547 g/mol. The third-order valence-corrected chi connectivity index (χ3v) is 5.08. The minimum atomic E-state index is 0. The third kappa shape index (κ3) is 9.10. The number of carbonyl (C=O) groups is 1. The number of likely N-dealkylation sites (tertiary alicyclic amines) is 1. The largest absolute Gasteiger partial charge is 0.493 e. The van der Waals surface area contributed by atoms with Crippen molar-refractivity contribution < 1.29 is 14.3 Å². The van der Waals surface area contributed by atoms with Crippen molar-refractivity contribution in [3.05, 3.63) is 23.8 Å². The van der Waals surface area contributed by atoms with Gasteiger partial charge in [0.1, 0.15) is 0 Å². The molecule has 1 saturated heterocycles. The fourth-order valence-corrected chi connectivity index (χ4v) is 3.34. The van der Waals surface area contributed by atoms with Crippen LogP contribution in [0, 0.1) is 0 Å². The second kappa shape index (κ2) is 14.3. The summed E-state index contributed by atoms with van der Waals surface area (Å²) in [6, 6.07) is 6.26. The van der Waals surface area contributed by atoms with Gasteiger partial charge in [0.05, 0.1) is 26.8 Å². The Kier molecular flexibility index (Phi) is 12.6. The van der Waals surface area contributed by atoms with Crippen molar-refractivity contribution in [1.82, 2.24) is 20.4 Å². The Morgan fingerprint density at radius 1 is 1.23 bits per heavy atom. The molecule has 1 fully saturated rings. The van der Waals surface area contributed by atoms with E-state index in [4.69, 9.17) is 14.5 Å². The molecule has 8 nitrogen and oxygen atoms in total. The summed E-state index contributed by atoms with van der Waals surface area (Å²) in [5.41, 5.74) is 1.06. The van der Waals surface area contributed by atoms with Crippen LogP contribution in [-0.2, 0) is 11.3 Å². The topological polar surface area (TPSA) is 78.4 Å². The first-order valence-corrected chi connectivity index (χ1v) is 10.7. The van der Waals surface area contributed by atoms with Gasteiger partial charge in [-0.2, -0.15) is 0 Å². The molecule has 0 spiro atoms. The molecule has 0 unspecified atom stereocenters. The average Bonchev–Trinajstić information content (AvgIpc) is 2.74. The first-order chi connectivity index (χ1) is 14.5. The van der Waals surface area contributed by atoms with Crippen LogP contribution in [0.3, 0.4) is 0 Å². The number of carbonyl (C=O) groups excluding carboxylic acids is 1. The van der Waals surface area contributed by atoms with E-state index in [1.165, 1.54) is 0 Å². The molecule has 1 aliphatic rings. The highest BCUT2D eigenvalue weighted by Crippen LogP contribution is 2.28. The number of likely N-dealkylation sites (N-methyl/N-ethyl adjacent to an activating group) is 1. The number of halogens is 1. The quantitative estimate of drug-likeness (QED) is 0.281. The molecular formula is C22H38IN5O3. The van der Waals surface area contributed by atoms with Gasteiger partial charge in [0.2, 0.25) is 5.91 Å². The van der Waals surface area contributed by atoms with E-state index in [-0.39, 0.29) is 29.9 Å². The monoisotopic (exact) mass is 547 g/mol. The Labute approximate surface area is 203 Å². The number of hydrogen-bond acceptors (Lipinski definition) is 5. The zero-order chi connectivity index (χ0) is 21.9. The summed E-state index contributed by atoms with van der Waals surface area (Å²) in [7, 11) is 5.25. The van der Waals surface area contributed by atoms with E-state index in [1.807, 2.05) is 25.1 Å². The van der Waals surface area contributed by atoms with Crippen molar-refractivity contribution in [1.29, 1.82) is 0 Å². The third-order valence-electron chi connectivity index (χ3n) is 5.08. The summed E-state index contributed by atoms with van der Waals surface area (Å²) in [6.07, 6.45) is 1.98. The number of piperidine rings is 1. The van der Waals surface area contributed by atoms with E-state index >= 15 is 0 Å². The number of nitrogens with one attached hydrogen (secondary N) is 2. The molecular weight excluding hydrogens is 509 g/mol. The molecule has 0 bridgehead atoms. The van der Waals surface area contributed by atoms with Gasteiger partial charge in [-0.3, -0.25) is 9.69 Å². The van der Waals surface area contributed by atoms with E-state index < -0.39 is 0 Å². The minimum Gasteiger partial charge on any atom is -0.493 e. The number of methoxy groups -OCH3 is 1. The van der Waals surface area contributed by atoms with Gasteiger partial charge in [0, 0.05) is 39.8 Å². The highest BCUT2D eigenvalue weighted by atomic mass is 127. The Morgan fingerprint density at radius 3 is 2.52 bits per heavy atom. The predicted molar refractivity (Wildman–Crippen MR) is 136 cm³/mol. The molecule has 0 saturated carbocycles. The van der Waals surface area contributed by atoms with Crippen LogP contribution in [0.5, 0.6) is 11.5 Å². The van der Waals surface area contributed by atoms with Gasteiger partial charge in [-0.25, -0.2) is 4.99 Å². The van der Waals surface area contributed by atoms with Crippen molar-refractivity contribution in [2.45, 2.75) is 39.3 Å². The molecule has 2 N–H and O–H groups in total. The SMILES string of the molecule is CCNC(=NCc1ccc(OC)c(OCC)c1)NC1CCN(CC(=O)N(C)C)CC1.I. The summed E-state index contributed by atoms with van der Waals surface area (Å²) < 4.78 is 11.0. The maximum atomic E-state index is 11.9. The molecule has 31 heavy (non-hydrogen) atoms. The number of rotatable bonds is 9.